The topological polar surface area (TPSA) is 124 Å². The lowest BCUT2D eigenvalue weighted by Crippen LogP contribution is -2.46. The molecular formula is C30H42N6O5. The summed E-state index contributed by atoms with van der Waals surface area (Å²) in [6.45, 7) is 7.53. The fourth-order valence-corrected chi connectivity index (χ4v) is 5.45. The molecule has 1 unspecified atom stereocenters. The van der Waals surface area contributed by atoms with Gasteiger partial charge in [0.15, 0.2) is 11.5 Å². The number of imidazole rings is 1. The molecule has 1 aromatic heterocycles. The van der Waals surface area contributed by atoms with Gasteiger partial charge in [-0.2, -0.15) is 0 Å². The number of ether oxygens (including phenoxy) is 3. The van der Waals surface area contributed by atoms with Crippen LogP contribution in [0.3, 0.4) is 0 Å². The van der Waals surface area contributed by atoms with E-state index in [-0.39, 0.29) is 17.7 Å². The number of piperidine rings is 1. The summed E-state index contributed by atoms with van der Waals surface area (Å²) in [5.74, 6) is 2.03. The van der Waals surface area contributed by atoms with Gasteiger partial charge in [-0.15, -0.1) is 0 Å². The molecule has 0 spiro atoms. The van der Waals surface area contributed by atoms with Gasteiger partial charge in [-0.25, -0.2) is 4.98 Å². The number of aromatic nitrogens is 2. The number of carbonyl (C=O) groups excluding carboxylic acids is 2. The lowest BCUT2D eigenvalue weighted by atomic mass is 9.95. The number of nitrogens with two attached hydrogens (primary N) is 1. The fraction of sp³-hybridized carbons (Fsp3) is 0.500. The van der Waals surface area contributed by atoms with Gasteiger partial charge < -0.3 is 39.6 Å². The summed E-state index contributed by atoms with van der Waals surface area (Å²) >= 11 is 0. The highest BCUT2D eigenvalue weighted by Crippen LogP contribution is 2.40. The molecule has 3 aromatic rings. The molecule has 2 amide bonds. The van der Waals surface area contributed by atoms with Gasteiger partial charge >= 0.3 is 0 Å². The molecule has 11 heteroatoms. The predicted molar refractivity (Wildman–Crippen MR) is 159 cm³/mol. The SMILES string of the molecule is CCN(CC)C(=O)C1CCCN(C(=O)c2ccc3nc(Nc4cc(OC)c(OC)c(OC)c4)n(CCCN)c3c2)C1. The number of nitrogens with zero attached hydrogens (tertiary/aromatic N) is 4. The highest BCUT2D eigenvalue weighted by molar-refractivity contribution is 5.98. The standard InChI is InChI=1S/C30H42N6O5/c1-6-34(7-2)29(38)21-10-8-14-35(19-21)28(37)20-11-12-23-24(16-20)36(15-9-13-31)30(33-23)32-22-17-25(39-3)27(41-5)26(18-22)40-4/h11-12,16-18,21H,6-10,13-15,19,31H2,1-5H3,(H,32,33). The number of nitrogens with one attached hydrogen (secondary N) is 1. The highest BCUT2D eigenvalue weighted by Gasteiger charge is 2.31. The molecular weight excluding hydrogens is 524 g/mol. The van der Waals surface area contributed by atoms with E-state index < -0.39 is 0 Å². The largest absolute Gasteiger partial charge is 0.493 e. The van der Waals surface area contributed by atoms with Crippen LogP contribution in [-0.2, 0) is 11.3 Å². The Hall–Kier alpha value is -3.99. The van der Waals surface area contributed by atoms with Crippen LogP contribution >= 0.6 is 0 Å². The molecule has 41 heavy (non-hydrogen) atoms. The van der Waals surface area contributed by atoms with Crippen molar-refractivity contribution in [2.45, 2.75) is 39.7 Å². The molecule has 1 aliphatic rings. The molecule has 1 aliphatic heterocycles. The number of amides is 2. The van der Waals surface area contributed by atoms with Crippen molar-refractivity contribution in [1.29, 1.82) is 0 Å². The summed E-state index contributed by atoms with van der Waals surface area (Å²) < 4.78 is 18.5. The van der Waals surface area contributed by atoms with Gasteiger partial charge in [-0.1, -0.05) is 0 Å². The maximum absolute atomic E-state index is 13.6. The van der Waals surface area contributed by atoms with E-state index >= 15 is 0 Å². The van der Waals surface area contributed by atoms with Crippen LogP contribution in [0.2, 0.25) is 0 Å². The molecule has 222 valence electrons. The van der Waals surface area contributed by atoms with Crippen LogP contribution in [0.4, 0.5) is 11.6 Å². The molecule has 0 radical (unpaired) electrons. The van der Waals surface area contributed by atoms with Crippen LogP contribution in [-0.4, -0.2) is 85.2 Å². The maximum atomic E-state index is 13.6. The molecule has 4 rings (SSSR count). The predicted octanol–water partition coefficient (Wildman–Crippen LogP) is 3.88. The van der Waals surface area contributed by atoms with Crippen LogP contribution in [0.25, 0.3) is 11.0 Å². The van der Waals surface area contributed by atoms with E-state index in [1.165, 1.54) is 0 Å². The summed E-state index contributed by atoms with van der Waals surface area (Å²) in [5.41, 5.74) is 8.72. The summed E-state index contributed by atoms with van der Waals surface area (Å²) in [7, 11) is 4.70. The summed E-state index contributed by atoms with van der Waals surface area (Å²) in [6.07, 6.45) is 2.34. The number of fused-ring (bicyclic) bond motifs is 1. The number of aryl methyl sites for hydroxylation is 1. The Kier molecular flexibility index (Phi) is 9.93. The summed E-state index contributed by atoms with van der Waals surface area (Å²) in [5, 5.41) is 3.38. The van der Waals surface area contributed by atoms with Gasteiger partial charge in [0.2, 0.25) is 17.6 Å². The van der Waals surface area contributed by atoms with Gasteiger partial charge in [-0.05, 0) is 57.9 Å². The molecule has 0 saturated carbocycles. The molecule has 1 atom stereocenters. The monoisotopic (exact) mass is 566 g/mol. The fourth-order valence-electron chi connectivity index (χ4n) is 5.45. The van der Waals surface area contributed by atoms with Crippen molar-refractivity contribution in [2.75, 3.05) is 59.4 Å². The highest BCUT2D eigenvalue weighted by atomic mass is 16.5. The molecule has 2 aromatic carbocycles. The molecule has 2 heterocycles. The van der Waals surface area contributed by atoms with Crippen LogP contribution in [0, 0.1) is 5.92 Å². The van der Waals surface area contributed by atoms with E-state index in [9.17, 15) is 9.59 Å². The van der Waals surface area contributed by atoms with Gasteiger partial charge in [-0.3, -0.25) is 9.59 Å². The Morgan fingerprint density at radius 1 is 1.07 bits per heavy atom. The number of anilines is 2. The number of benzene rings is 2. The van der Waals surface area contributed by atoms with Gasteiger partial charge in [0.25, 0.3) is 5.91 Å². The second kappa shape index (κ2) is 13.6. The minimum atomic E-state index is -0.166. The number of hydrogen-bond acceptors (Lipinski definition) is 8. The van der Waals surface area contributed by atoms with E-state index in [4.69, 9.17) is 24.9 Å². The Labute approximate surface area is 241 Å². The van der Waals surface area contributed by atoms with E-state index in [1.54, 1.807) is 21.3 Å². The molecule has 1 fully saturated rings. The molecule has 0 aliphatic carbocycles. The van der Waals surface area contributed by atoms with Crippen molar-refractivity contribution in [2.24, 2.45) is 11.7 Å². The third-order valence-electron chi connectivity index (χ3n) is 7.63. The number of likely N-dealkylation sites (tertiary alicyclic amines) is 1. The Morgan fingerprint density at radius 3 is 2.39 bits per heavy atom. The minimum Gasteiger partial charge on any atom is -0.493 e. The van der Waals surface area contributed by atoms with Crippen molar-refractivity contribution in [1.82, 2.24) is 19.4 Å². The van der Waals surface area contributed by atoms with Crippen molar-refractivity contribution in [3.8, 4) is 17.2 Å². The second-order valence-electron chi connectivity index (χ2n) is 10.1. The smallest absolute Gasteiger partial charge is 0.253 e. The van der Waals surface area contributed by atoms with Crippen LogP contribution in [0.5, 0.6) is 17.2 Å². The van der Waals surface area contributed by atoms with E-state index in [2.05, 4.69) is 5.32 Å². The first kappa shape index (κ1) is 30.0. The normalized spacial score (nSPS) is 15.1. The quantitative estimate of drug-likeness (QED) is 0.339. The van der Waals surface area contributed by atoms with Crippen molar-refractivity contribution in [3.63, 3.8) is 0 Å². The number of rotatable bonds is 12. The first-order valence-electron chi connectivity index (χ1n) is 14.2. The van der Waals surface area contributed by atoms with Gasteiger partial charge in [0.1, 0.15) is 0 Å². The minimum absolute atomic E-state index is 0.0744. The summed E-state index contributed by atoms with van der Waals surface area (Å²) in [4.78, 5) is 35.1. The third-order valence-corrected chi connectivity index (χ3v) is 7.63. The lowest BCUT2D eigenvalue weighted by Gasteiger charge is -2.34. The van der Waals surface area contributed by atoms with Crippen LogP contribution < -0.4 is 25.3 Å². The second-order valence-corrected chi connectivity index (χ2v) is 10.1. The average Bonchev–Trinajstić information content (AvgIpc) is 3.35. The van der Waals surface area contributed by atoms with E-state index in [0.29, 0.717) is 73.7 Å². The zero-order valence-electron chi connectivity index (χ0n) is 24.7. The molecule has 11 nitrogen and oxygen atoms in total. The zero-order valence-corrected chi connectivity index (χ0v) is 24.7. The van der Waals surface area contributed by atoms with Crippen molar-refractivity contribution in [3.05, 3.63) is 35.9 Å². The first-order chi connectivity index (χ1) is 19.9. The van der Waals surface area contributed by atoms with Crippen LogP contribution in [0.15, 0.2) is 30.3 Å². The molecule has 3 N–H and O–H groups in total. The van der Waals surface area contributed by atoms with Crippen molar-refractivity contribution < 1.29 is 23.8 Å². The third kappa shape index (κ3) is 6.35. The van der Waals surface area contributed by atoms with Crippen molar-refractivity contribution >= 4 is 34.5 Å². The number of carbonyl (C=O) groups is 2. The van der Waals surface area contributed by atoms with E-state index in [0.717, 1.165) is 30.3 Å². The Balaban J connectivity index is 1.64. The van der Waals surface area contributed by atoms with Gasteiger partial charge in [0, 0.05) is 56.1 Å². The number of methoxy groups -OCH3 is 3. The molecule has 0 bridgehead atoms. The zero-order chi connectivity index (χ0) is 29.5. The number of hydrogen-bond donors (Lipinski definition) is 2. The Morgan fingerprint density at radius 2 is 1.78 bits per heavy atom. The lowest BCUT2D eigenvalue weighted by molar-refractivity contribution is -0.136. The Bertz CT molecular complexity index is 1340. The van der Waals surface area contributed by atoms with E-state index in [1.807, 2.05) is 58.5 Å². The van der Waals surface area contributed by atoms with Gasteiger partial charge in [0.05, 0.1) is 38.3 Å². The first-order valence-corrected chi connectivity index (χ1v) is 14.2. The maximum Gasteiger partial charge on any atom is 0.253 e. The average molecular weight is 567 g/mol. The van der Waals surface area contributed by atoms with Crippen LogP contribution in [0.1, 0.15) is 43.5 Å². The molecule has 1 saturated heterocycles. The summed E-state index contributed by atoms with van der Waals surface area (Å²) in [6, 6.07) is 9.19.